The number of pyridine rings is 1. The number of hydrogen-bond acceptors (Lipinski definition) is 4. The van der Waals surface area contributed by atoms with Crippen molar-refractivity contribution in [2.24, 2.45) is 0 Å². The lowest BCUT2D eigenvalue weighted by Gasteiger charge is -2.04. The fourth-order valence-corrected chi connectivity index (χ4v) is 2.65. The molecule has 0 saturated heterocycles. The van der Waals surface area contributed by atoms with E-state index in [0.29, 0.717) is 5.95 Å². The highest BCUT2D eigenvalue weighted by Crippen LogP contribution is 2.28. The minimum absolute atomic E-state index is 0.246. The molecule has 4 rings (SSSR count). The summed E-state index contributed by atoms with van der Waals surface area (Å²) in [5.41, 5.74) is 4.50. The van der Waals surface area contributed by atoms with Crippen LogP contribution in [0.4, 0.5) is 11.6 Å². The lowest BCUT2D eigenvalue weighted by atomic mass is 10.1. The summed E-state index contributed by atoms with van der Waals surface area (Å²) < 4.78 is 1.71. The molecule has 0 aliphatic heterocycles. The van der Waals surface area contributed by atoms with Gasteiger partial charge >= 0.3 is 0 Å². The van der Waals surface area contributed by atoms with Crippen LogP contribution in [0, 0.1) is 6.92 Å². The summed E-state index contributed by atoms with van der Waals surface area (Å²) in [6.45, 7) is 2.04. The maximum Gasteiger partial charge on any atom is 0.247 e. The van der Waals surface area contributed by atoms with Crippen molar-refractivity contribution in [1.82, 2.24) is 14.6 Å². The number of rotatable bonds is 3. The Morgan fingerprint density at radius 3 is 2.58 bits per heavy atom. The second-order valence-corrected chi connectivity index (χ2v) is 5.61. The van der Waals surface area contributed by atoms with Gasteiger partial charge in [0.1, 0.15) is 5.75 Å². The smallest absolute Gasteiger partial charge is 0.247 e. The molecule has 0 aliphatic rings. The van der Waals surface area contributed by atoms with Gasteiger partial charge in [-0.2, -0.15) is 4.98 Å². The Labute approximate surface area is 139 Å². The van der Waals surface area contributed by atoms with Gasteiger partial charge in [0, 0.05) is 23.0 Å². The highest BCUT2D eigenvalue weighted by atomic mass is 16.3. The van der Waals surface area contributed by atoms with Crippen molar-refractivity contribution in [1.29, 1.82) is 0 Å². The molecule has 0 fully saturated rings. The molecule has 0 unspecified atom stereocenters. The van der Waals surface area contributed by atoms with Gasteiger partial charge < -0.3 is 10.4 Å². The molecule has 118 valence electrons. The van der Waals surface area contributed by atoms with Gasteiger partial charge in [-0.15, -0.1) is 5.10 Å². The van der Waals surface area contributed by atoms with Crippen molar-refractivity contribution >= 4 is 17.3 Å². The third-order valence-electron chi connectivity index (χ3n) is 3.94. The highest BCUT2D eigenvalue weighted by molar-refractivity contribution is 5.70. The van der Waals surface area contributed by atoms with Crippen LogP contribution >= 0.6 is 0 Å². The third kappa shape index (κ3) is 2.56. The van der Waals surface area contributed by atoms with E-state index in [0.717, 1.165) is 28.0 Å². The predicted molar refractivity (Wildman–Crippen MR) is 94.5 cm³/mol. The molecule has 2 aromatic heterocycles. The Morgan fingerprint density at radius 1 is 0.958 bits per heavy atom. The Hall–Kier alpha value is -3.34. The van der Waals surface area contributed by atoms with Crippen molar-refractivity contribution in [2.45, 2.75) is 6.92 Å². The number of aromatic hydroxyl groups is 1. The number of hydrogen-bond donors (Lipinski definition) is 2. The van der Waals surface area contributed by atoms with Gasteiger partial charge in [0.25, 0.3) is 0 Å². The second kappa shape index (κ2) is 5.70. The molecule has 4 aromatic rings. The van der Waals surface area contributed by atoms with Crippen molar-refractivity contribution < 1.29 is 5.11 Å². The molecule has 0 saturated carbocycles. The number of fused-ring (bicyclic) bond motifs is 1. The van der Waals surface area contributed by atoms with Crippen molar-refractivity contribution in [2.75, 3.05) is 5.32 Å². The zero-order valence-corrected chi connectivity index (χ0v) is 13.1. The fraction of sp³-hybridized carbons (Fsp3) is 0.0526. The minimum Gasteiger partial charge on any atom is -0.507 e. The molecule has 0 amide bonds. The molecule has 0 spiro atoms. The summed E-state index contributed by atoms with van der Waals surface area (Å²) in [5.74, 6) is 0.786. The molecule has 5 heteroatoms. The molecule has 24 heavy (non-hydrogen) atoms. The first-order chi connectivity index (χ1) is 11.7. The van der Waals surface area contributed by atoms with Crippen molar-refractivity contribution in [3.63, 3.8) is 0 Å². The van der Waals surface area contributed by atoms with E-state index >= 15 is 0 Å². The number of nitrogens with zero attached hydrogens (tertiary/aromatic N) is 3. The number of para-hydroxylation sites is 2. The third-order valence-corrected chi connectivity index (χ3v) is 3.94. The number of anilines is 2. The standard InChI is InChI=1S/C19H16N4O/c1-13-6-2-4-8-16(13)20-19-21-18-11-10-14(12-23(18)22-19)15-7-3-5-9-17(15)24/h2-12,24H,1H3,(H,20,22). The van der Waals surface area contributed by atoms with Crippen LogP contribution in [0.1, 0.15) is 5.56 Å². The summed E-state index contributed by atoms with van der Waals surface area (Å²) in [5, 5.41) is 17.7. The zero-order chi connectivity index (χ0) is 16.5. The van der Waals surface area contributed by atoms with Gasteiger partial charge in [-0.1, -0.05) is 36.4 Å². The maximum atomic E-state index is 10.0. The maximum absolute atomic E-state index is 10.0. The fourth-order valence-electron chi connectivity index (χ4n) is 2.65. The van der Waals surface area contributed by atoms with Crippen LogP contribution in [0.3, 0.4) is 0 Å². The van der Waals surface area contributed by atoms with Gasteiger partial charge in [-0.05, 0) is 36.8 Å². The van der Waals surface area contributed by atoms with E-state index in [1.54, 1.807) is 16.6 Å². The average Bonchev–Trinajstić information content (AvgIpc) is 2.99. The van der Waals surface area contributed by atoms with Crippen LogP contribution in [-0.4, -0.2) is 19.7 Å². The summed E-state index contributed by atoms with van der Waals surface area (Å²) in [6.07, 6.45) is 1.86. The second-order valence-electron chi connectivity index (χ2n) is 5.61. The first kappa shape index (κ1) is 14.3. The zero-order valence-electron chi connectivity index (χ0n) is 13.1. The van der Waals surface area contributed by atoms with Crippen molar-refractivity contribution in [3.05, 3.63) is 72.4 Å². The average molecular weight is 316 g/mol. The minimum atomic E-state index is 0.246. The topological polar surface area (TPSA) is 62.5 Å². The van der Waals surface area contributed by atoms with Gasteiger partial charge in [0.15, 0.2) is 5.65 Å². The largest absolute Gasteiger partial charge is 0.507 e. The highest BCUT2D eigenvalue weighted by Gasteiger charge is 2.08. The SMILES string of the molecule is Cc1ccccc1Nc1nc2ccc(-c3ccccc3O)cn2n1. The molecule has 0 atom stereocenters. The molecule has 2 N–H and O–H groups in total. The number of phenolic OH excluding ortho intramolecular Hbond substituents is 1. The molecule has 2 heterocycles. The summed E-state index contributed by atoms with van der Waals surface area (Å²) in [6, 6.07) is 19.1. The number of aryl methyl sites for hydroxylation is 1. The molecule has 2 aromatic carbocycles. The summed E-state index contributed by atoms with van der Waals surface area (Å²) >= 11 is 0. The lowest BCUT2D eigenvalue weighted by Crippen LogP contribution is -1.95. The summed E-state index contributed by atoms with van der Waals surface area (Å²) in [4.78, 5) is 4.48. The predicted octanol–water partition coefficient (Wildman–Crippen LogP) is 4.15. The van der Waals surface area contributed by atoms with Gasteiger partial charge in [0.2, 0.25) is 5.95 Å². The van der Waals surface area contributed by atoms with E-state index in [4.69, 9.17) is 0 Å². The Bertz CT molecular complexity index is 1020. The van der Waals surface area contributed by atoms with Gasteiger partial charge in [0.05, 0.1) is 0 Å². The number of nitrogens with one attached hydrogen (secondary N) is 1. The molecular weight excluding hydrogens is 300 g/mol. The quantitative estimate of drug-likeness (QED) is 0.596. The normalized spacial score (nSPS) is 10.9. The molecular formula is C19H16N4O. The van der Waals surface area contributed by atoms with Gasteiger partial charge in [-0.3, -0.25) is 0 Å². The molecule has 0 bridgehead atoms. The number of benzene rings is 2. The number of phenols is 1. The van der Waals surface area contributed by atoms with Crippen LogP contribution in [0.2, 0.25) is 0 Å². The van der Waals surface area contributed by atoms with Crippen LogP contribution < -0.4 is 5.32 Å². The number of aromatic nitrogens is 3. The monoisotopic (exact) mass is 316 g/mol. The van der Waals surface area contributed by atoms with E-state index in [2.05, 4.69) is 15.4 Å². The van der Waals surface area contributed by atoms with E-state index in [-0.39, 0.29) is 5.75 Å². The first-order valence-electron chi connectivity index (χ1n) is 7.68. The van der Waals surface area contributed by atoms with E-state index in [1.807, 2.05) is 61.7 Å². The van der Waals surface area contributed by atoms with Crippen LogP contribution in [-0.2, 0) is 0 Å². The summed E-state index contributed by atoms with van der Waals surface area (Å²) in [7, 11) is 0. The van der Waals surface area contributed by atoms with Crippen molar-refractivity contribution in [3.8, 4) is 16.9 Å². The van der Waals surface area contributed by atoms with E-state index in [9.17, 15) is 5.11 Å². The van der Waals surface area contributed by atoms with Crippen LogP contribution in [0.5, 0.6) is 5.75 Å². The Morgan fingerprint density at radius 2 is 1.75 bits per heavy atom. The van der Waals surface area contributed by atoms with Crippen LogP contribution in [0.25, 0.3) is 16.8 Å². The van der Waals surface area contributed by atoms with Gasteiger partial charge in [-0.25, -0.2) is 4.52 Å². The Balaban J connectivity index is 1.72. The van der Waals surface area contributed by atoms with E-state index < -0.39 is 0 Å². The molecule has 0 radical (unpaired) electrons. The lowest BCUT2D eigenvalue weighted by molar-refractivity contribution is 0.477. The first-order valence-corrected chi connectivity index (χ1v) is 7.68. The Kier molecular flexibility index (Phi) is 3.39. The van der Waals surface area contributed by atoms with Crippen LogP contribution in [0.15, 0.2) is 66.9 Å². The molecule has 0 aliphatic carbocycles. The van der Waals surface area contributed by atoms with E-state index in [1.165, 1.54) is 0 Å². The molecule has 5 nitrogen and oxygen atoms in total.